The SMILES string of the molecule is CCn1nccc1C1CCC(C)CN1C(=O)C(N)=O. The highest BCUT2D eigenvalue weighted by Crippen LogP contribution is 2.33. The molecule has 1 aromatic rings. The van der Waals surface area contributed by atoms with Gasteiger partial charge in [0.15, 0.2) is 0 Å². The van der Waals surface area contributed by atoms with Gasteiger partial charge in [-0.15, -0.1) is 0 Å². The number of aromatic nitrogens is 2. The molecule has 2 rings (SSSR count). The molecular weight excluding hydrogens is 244 g/mol. The summed E-state index contributed by atoms with van der Waals surface area (Å²) < 4.78 is 1.86. The van der Waals surface area contributed by atoms with Gasteiger partial charge < -0.3 is 10.6 Å². The summed E-state index contributed by atoms with van der Waals surface area (Å²) >= 11 is 0. The van der Waals surface area contributed by atoms with Crippen molar-refractivity contribution in [3.05, 3.63) is 18.0 Å². The third-order valence-electron chi connectivity index (χ3n) is 3.68. The predicted molar refractivity (Wildman–Crippen MR) is 69.9 cm³/mol. The van der Waals surface area contributed by atoms with Gasteiger partial charge >= 0.3 is 11.8 Å². The van der Waals surface area contributed by atoms with Crippen LogP contribution in [0.5, 0.6) is 0 Å². The van der Waals surface area contributed by atoms with Crippen LogP contribution in [0.1, 0.15) is 38.4 Å². The number of piperidine rings is 1. The van der Waals surface area contributed by atoms with E-state index in [2.05, 4.69) is 12.0 Å². The quantitative estimate of drug-likeness (QED) is 0.798. The number of nitrogens with two attached hydrogens (primary N) is 1. The molecule has 1 aliphatic heterocycles. The topological polar surface area (TPSA) is 81.2 Å². The summed E-state index contributed by atoms with van der Waals surface area (Å²) in [7, 11) is 0. The molecule has 0 aliphatic carbocycles. The van der Waals surface area contributed by atoms with Crippen molar-refractivity contribution in [3.8, 4) is 0 Å². The molecule has 2 heterocycles. The van der Waals surface area contributed by atoms with Crippen LogP contribution >= 0.6 is 0 Å². The molecule has 2 atom stereocenters. The van der Waals surface area contributed by atoms with Gasteiger partial charge in [-0.1, -0.05) is 6.92 Å². The number of aryl methyl sites for hydroxylation is 1. The van der Waals surface area contributed by atoms with Crippen LogP contribution in [0, 0.1) is 5.92 Å². The first-order valence-corrected chi connectivity index (χ1v) is 6.66. The molecule has 1 aliphatic rings. The van der Waals surface area contributed by atoms with E-state index in [9.17, 15) is 9.59 Å². The van der Waals surface area contributed by atoms with Gasteiger partial charge in [-0.25, -0.2) is 0 Å². The number of likely N-dealkylation sites (tertiary alicyclic amines) is 1. The van der Waals surface area contributed by atoms with Crippen LogP contribution in [-0.4, -0.2) is 33.0 Å². The molecule has 0 spiro atoms. The van der Waals surface area contributed by atoms with Gasteiger partial charge in [0.1, 0.15) is 0 Å². The molecule has 2 N–H and O–H groups in total. The first-order valence-electron chi connectivity index (χ1n) is 6.66. The monoisotopic (exact) mass is 264 g/mol. The third-order valence-corrected chi connectivity index (χ3v) is 3.68. The molecule has 104 valence electrons. The van der Waals surface area contributed by atoms with E-state index < -0.39 is 11.8 Å². The normalized spacial score (nSPS) is 23.4. The highest BCUT2D eigenvalue weighted by atomic mass is 16.2. The largest absolute Gasteiger partial charge is 0.361 e. The zero-order valence-electron chi connectivity index (χ0n) is 11.4. The summed E-state index contributed by atoms with van der Waals surface area (Å²) in [4.78, 5) is 24.8. The molecule has 6 heteroatoms. The summed E-state index contributed by atoms with van der Waals surface area (Å²) in [6, 6.07) is 1.81. The number of carbonyl (C=O) groups is 2. The Morgan fingerprint density at radius 2 is 2.21 bits per heavy atom. The lowest BCUT2D eigenvalue weighted by Gasteiger charge is -2.38. The molecule has 0 radical (unpaired) electrons. The van der Waals surface area contributed by atoms with E-state index in [1.165, 1.54) is 0 Å². The van der Waals surface area contributed by atoms with Crippen molar-refractivity contribution in [3.63, 3.8) is 0 Å². The summed E-state index contributed by atoms with van der Waals surface area (Å²) in [5.74, 6) is -1.10. The minimum atomic E-state index is -0.887. The Morgan fingerprint density at radius 1 is 1.47 bits per heavy atom. The second-order valence-corrected chi connectivity index (χ2v) is 5.09. The number of carbonyl (C=O) groups excluding carboxylic acids is 2. The van der Waals surface area contributed by atoms with Crippen molar-refractivity contribution >= 4 is 11.8 Å². The molecule has 1 aromatic heterocycles. The molecule has 1 fully saturated rings. The van der Waals surface area contributed by atoms with E-state index in [0.29, 0.717) is 12.5 Å². The highest BCUT2D eigenvalue weighted by Gasteiger charge is 2.34. The van der Waals surface area contributed by atoms with Crippen LogP contribution in [0.4, 0.5) is 0 Å². The van der Waals surface area contributed by atoms with Crippen molar-refractivity contribution in [2.45, 2.75) is 39.3 Å². The van der Waals surface area contributed by atoms with E-state index in [4.69, 9.17) is 5.73 Å². The third kappa shape index (κ3) is 2.62. The van der Waals surface area contributed by atoms with E-state index in [1.807, 2.05) is 17.7 Å². The second kappa shape index (κ2) is 5.42. The van der Waals surface area contributed by atoms with Gasteiger partial charge in [0, 0.05) is 19.3 Å². The predicted octanol–water partition coefficient (Wildman–Crippen LogP) is 0.688. The second-order valence-electron chi connectivity index (χ2n) is 5.09. The Hall–Kier alpha value is -1.85. The van der Waals surface area contributed by atoms with Gasteiger partial charge in [-0.2, -0.15) is 5.10 Å². The first-order chi connectivity index (χ1) is 9.04. The van der Waals surface area contributed by atoms with Gasteiger partial charge in [-0.3, -0.25) is 14.3 Å². The van der Waals surface area contributed by atoms with Crippen molar-refractivity contribution in [2.24, 2.45) is 11.7 Å². The molecule has 0 saturated carbocycles. The maximum absolute atomic E-state index is 12.0. The molecule has 1 saturated heterocycles. The molecule has 6 nitrogen and oxygen atoms in total. The maximum atomic E-state index is 12.0. The Balaban J connectivity index is 2.30. The van der Waals surface area contributed by atoms with Gasteiger partial charge in [0.25, 0.3) is 0 Å². The number of nitrogens with zero attached hydrogens (tertiary/aromatic N) is 3. The minimum Gasteiger partial charge on any atom is -0.361 e. The molecule has 19 heavy (non-hydrogen) atoms. The lowest BCUT2D eigenvalue weighted by molar-refractivity contribution is -0.147. The fourth-order valence-electron chi connectivity index (χ4n) is 2.72. The Labute approximate surface area is 112 Å². The number of amides is 2. The lowest BCUT2D eigenvalue weighted by Crippen LogP contribution is -2.47. The molecular formula is C13H20N4O2. The summed E-state index contributed by atoms with van der Waals surface area (Å²) in [6.07, 6.45) is 3.60. The van der Waals surface area contributed by atoms with Gasteiger partial charge in [0.2, 0.25) is 0 Å². The smallest absolute Gasteiger partial charge is 0.312 e. The Morgan fingerprint density at radius 3 is 2.84 bits per heavy atom. The van der Waals surface area contributed by atoms with Crippen molar-refractivity contribution in [1.29, 1.82) is 0 Å². The van der Waals surface area contributed by atoms with Crippen LogP contribution in [-0.2, 0) is 16.1 Å². The zero-order chi connectivity index (χ0) is 14.0. The van der Waals surface area contributed by atoms with Crippen molar-refractivity contribution in [2.75, 3.05) is 6.54 Å². The van der Waals surface area contributed by atoms with E-state index in [-0.39, 0.29) is 6.04 Å². The Bertz CT molecular complexity index is 483. The van der Waals surface area contributed by atoms with E-state index in [0.717, 1.165) is 25.1 Å². The van der Waals surface area contributed by atoms with Crippen LogP contribution in [0.2, 0.25) is 0 Å². The highest BCUT2D eigenvalue weighted by molar-refractivity contribution is 6.34. The van der Waals surface area contributed by atoms with Crippen LogP contribution in [0.25, 0.3) is 0 Å². The number of rotatable bonds is 2. The van der Waals surface area contributed by atoms with Gasteiger partial charge in [-0.05, 0) is 31.7 Å². The van der Waals surface area contributed by atoms with Crippen LogP contribution in [0.15, 0.2) is 12.3 Å². The van der Waals surface area contributed by atoms with Crippen LogP contribution in [0.3, 0.4) is 0 Å². The molecule has 0 bridgehead atoms. The fraction of sp³-hybridized carbons (Fsp3) is 0.615. The molecule has 2 amide bonds. The van der Waals surface area contributed by atoms with Crippen molar-refractivity contribution in [1.82, 2.24) is 14.7 Å². The minimum absolute atomic E-state index is 0.0985. The summed E-state index contributed by atoms with van der Waals surface area (Å²) in [6.45, 7) is 5.39. The number of hydrogen-bond acceptors (Lipinski definition) is 3. The number of hydrogen-bond donors (Lipinski definition) is 1. The first kappa shape index (κ1) is 13.6. The van der Waals surface area contributed by atoms with E-state index in [1.54, 1.807) is 11.1 Å². The summed E-state index contributed by atoms with van der Waals surface area (Å²) in [5, 5.41) is 4.23. The molecule has 0 aromatic carbocycles. The van der Waals surface area contributed by atoms with Crippen LogP contribution < -0.4 is 5.73 Å². The van der Waals surface area contributed by atoms with Gasteiger partial charge in [0.05, 0.1) is 11.7 Å². The standard InChI is InChI=1S/C13H20N4O2/c1-3-17-11(6-7-15-17)10-5-4-9(2)8-16(10)13(19)12(14)18/h6-7,9-10H,3-5,8H2,1-2H3,(H2,14,18). The maximum Gasteiger partial charge on any atom is 0.312 e. The summed E-state index contributed by atoms with van der Waals surface area (Å²) in [5.41, 5.74) is 6.12. The fourth-order valence-corrected chi connectivity index (χ4v) is 2.72. The Kier molecular flexibility index (Phi) is 3.87. The average Bonchev–Trinajstić information content (AvgIpc) is 2.85. The number of primary amides is 1. The average molecular weight is 264 g/mol. The van der Waals surface area contributed by atoms with E-state index >= 15 is 0 Å². The lowest BCUT2D eigenvalue weighted by atomic mass is 9.92. The van der Waals surface area contributed by atoms with Crippen molar-refractivity contribution < 1.29 is 9.59 Å². The zero-order valence-corrected chi connectivity index (χ0v) is 11.4. The molecule has 2 unspecified atom stereocenters.